The van der Waals surface area contributed by atoms with Gasteiger partial charge in [-0.25, -0.2) is 18.4 Å². The monoisotopic (exact) mass is 456 g/mol. The largest absolute Gasteiger partial charge is 0.381 e. The predicted octanol–water partition coefficient (Wildman–Crippen LogP) is 4.12. The second kappa shape index (κ2) is 8.97. The molecule has 0 saturated carbocycles. The van der Waals surface area contributed by atoms with E-state index < -0.39 is 23.3 Å². The maximum absolute atomic E-state index is 14.7. The second-order valence-corrected chi connectivity index (χ2v) is 7.74. The van der Waals surface area contributed by atoms with Gasteiger partial charge in [-0.2, -0.15) is 10.2 Å². The highest BCUT2D eigenvalue weighted by Crippen LogP contribution is 2.36. The van der Waals surface area contributed by atoms with Crippen molar-refractivity contribution in [1.82, 2.24) is 29.5 Å². The van der Waals surface area contributed by atoms with E-state index in [9.17, 15) is 13.9 Å². The maximum Gasteiger partial charge on any atom is 0.137 e. The predicted molar refractivity (Wildman–Crippen MR) is 115 cm³/mol. The maximum atomic E-state index is 14.7. The van der Waals surface area contributed by atoms with E-state index >= 15 is 0 Å². The molecule has 0 spiro atoms. The number of pyridine rings is 1. The molecule has 4 rings (SSSR count). The zero-order chi connectivity index (χ0) is 22.7. The van der Waals surface area contributed by atoms with Crippen LogP contribution in [0.15, 0.2) is 61.6 Å². The summed E-state index contributed by atoms with van der Waals surface area (Å²) >= 11 is 5.85. The first-order valence-electron chi connectivity index (χ1n) is 9.69. The number of rotatable bonds is 7. The van der Waals surface area contributed by atoms with Crippen molar-refractivity contribution in [3.8, 4) is 0 Å². The molecule has 10 heteroatoms. The van der Waals surface area contributed by atoms with Gasteiger partial charge in [0.05, 0.1) is 29.5 Å². The molecule has 1 aromatic carbocycles. The number of hydrogen-bond donors (Lipinski definition) is 1. The van der Waals surface area contributed by atoms with Crippen molar-refractivity contribution < 1.29 is 13.9 Å². The third-order valence-electron chi connectivity index (χ3n) is 5.17. The number of nitrogens with zero attached hydrogens (tertiary/aromatic N) is 6. The molecule has 32 heavy (non-hydrogen) atoms. The van der Waals surface area contributed by atoms with Crippen LogP contribution in [0.4, 0.5) is 8.78 Å². The minimum absolute atomic E-state index is 0.0696. The highest BCUT2D eigenvalue weighted by atomic mass is 35.5. The molecule has 1 N–H and O–H groups in total. The number of aromatic nitrogens is 6. The highest BCUT2D eigenvalue weighted by Gasteiger charge is 2.40. The number of benzene rings is 1. The standard InChI is InChI=1S/C22H19ClF2N6O/c1-15(31-11-16(9-28-31)2-5-19-6-3-17(23)10-27-19)22(32,12-30-14-26-13-29-30)20-7-4-18(24)8-21(20)25/h2-11,13-15,32H,12H2,1H3/b5-2+/t15-,22-/m1/s1. The molecule has 3 aromatic heterocycles. The van der Waals surface area contributed by atoms with E-state index in [1.165, 1.54) is 28.1 Å². The first-order chi connectivity index (χ1) is 15.3. The van der Waals surface area contributed by atoms with Crippen LogP contribution in [0, 0.1) is 11.6 Å². The topological polar surface area (TPSA) is 81.6 Å². The zero-order valence-electron chi connectivity index (χ0n) is 17.0. The van der Waals surface area contributed by atoms with Crippen LogP contribution in [0.5, 0.6) is 0 Å². The fourth-order valence-electron chi connectivity index (χ4n) is 3.38. The van der Waals surface area contributed by atoms with Gasteiger partial charge in [0.25, 0.3) is 0 Å². The Balaban J connectivity index is 1.65. The molecule has 2 atom stereocenters. The fraction of sp³-hybridized carbons (Fsp3) is 0.182. The van der Waals surface area contributed by atoms with Crippen molar-refractivity contribution in [2.75, 3.05) is 0 Å². The molecule has 0 aliphatic heterocycles. The number of hydrogen-bond acceptors (Lipinski definition) is 5. The van der Waals surface area contributed by atoms with Gasteiger partial charge < -0.3 is 5.11 Å². The first-order valence-corrected chi connectivity index (χ1v) is 10.1. The zero-order valence-corrected chi connectivity index (χ0v) is 17.7. The molecule has 0 amide bonds. The molecule has 0 saturated heterocycles. The summed E-state index contributed by atoms with van der Waals surface area (Å²) in [5.74, 6) is -1.59. The molecule has 0 unspecified atom stereocenters. The van der Waals surface area contributed by atoms with Crippen LogP contribution in [0.3, 0.4) is 0 Å². The molecular formula is C22H19ClF2N6O. The van der Waals surface area contributed by atoms with E-state index in [1.54, 1.807) is 49.8 Å². The van der Waals surface area contributed by atoms with Gasteiger partial charge in [-0.05, 0) is 37.3 Å². The molecule has 0 aliphatic carbocycles. The lowest BCUT2D eigenvalue weighted by molar-refractivity contribution is -0.0369. The minimum Gasteiger partial charge on any atom is -0.381 e. The van der Waals surface area contributed by atoms with E-state index in [4.69, 9.17) is 11.6 Å². The Morgan fingerprint density at radius 2 is 2.00 bits per heavy atom. The van der Waals surface area contributed by atoms with Crippen LogP contribution in [0.1, 0.15) is 29.8 Å². The van der Waals surface area contributed by atoms with E-state index in [0.29, 0.717) is 10.7 Å². The van der Waals surface area contributed by atoms with E-state index in [-0.39, 0.29) is 12.1 Å². The fourth-order valence-corrected chi connectivity index (χ4v) is 3.49. The minimum atomic E-state index is -1.80. The summed E-state index contributed by atoms with van der Waals surface area (Å²) in [7, 11) is 0. The van der Waals surface area contributed by atoms with Gasteiger partial charge in [0.2, 0.25) is 0 Å². The highest BCUT2D eigenvalue weighted by molar-refractivity contribution is 6.30. The third-order valence-corrected chi connectivity index (χ3v) is 5.40. The summed E-state index contributed by atoms with van der Waals surface area (Å²) in [6, 6.07) is 5.86. The molecular weight excluding hydrogens is 438 g/mol. The van der Waals surface area contributed by atoms with Crippen molar-refractivity contribution >= 4 is 23.8 Å². The van der Waals surface area contributed by atoms with Crippen LogP contribution in [-0.2, 0) is 12.1 Å². The van der Waals surface area contributed by atoms with Gasteiger partial charge in [-0.15, -0.1) is 0 Å². The van der Waals surface area contributed by atoms with E-state index in [1.807, 2.05) is 0 Å². The van der Waals surface area contributed by atoms with Gasteiger partial charge in [-0.3, -0.25) is 9.67 Å². The summed E-state index contributed by atoms with van der Waals surface area (Å²) in [5, 5.41) is 20.5. The van der Waals surface area contributed by atoms with Crippen LogP contribution in [0.2, 0.25) is 5.02 Å². The van der Waals surface area contributed by atoms with Crippen LogP contribution >= 0.6 is 11.6 Å². The first kappa shape index (κ1) is 21.8. The number of halogens is 3. The van der Waals surface area contributed by atoms with Crippen molar-refractivity contribution in [3.63, 3.8) is 0 Å². The van der Waals surface area contributed by atoms with E-state index in [2.05, 4.69) is 20.2 Å². The summed E-state index contributed by atoms with van der Waals surface area (Å²) < 4.78 is 31.1. The molecule has 0 fully saturated rings. The van der Waals surface area contributed by atoms with Gasteiger partial charge in [0, 0.05) is 29.6 Å². The molecule has 3 heterocycles. The van der Waals surface area contributed by atoms with Crippen LogP contribution in [0.25, 0.3) is 12.2 Å². The Morgan fingerprint density at radius 3 is 2.69 bits per heavy atom. The molecule has 7 nitrogen and oxygen atoms in total. The average Bonchev–Trinajstić information content (AvgIpc) is 3.44. The normalized spacial score (nSPS) is 14.5. The van der Waals surface area contributed by atoms with Crippen molar-refractivity contribution in [2.24, 2.45) is 0 Å². The molecule has 4 aromatic rings. The average molecular weight is 457 g/mol. The van der Waals surface area contributed by atoms with Gasteiger partial charge in [0.1, 0.15) is 29.9 Å². The quantitative estimate of drug-likeness (QED) is 0.452. The Morgan fingerprint density at radius 1 is 1.16 bits per heavy atom. The van der Waals surface area contributed by atoms with Crippen molar-refractivity contribution in [3.05, 3.63) is 95.1 Å². The third kappa shape index (κ3) is 4.58. The summed E-state index contributed by atoms with van der Waals surface area (Å²) in [4.78, 5) is 8.07. The summed E-state index contributed by atoms with van der Waals surface area (Å²) in [6.07, 6.45) is 11.2. The second-order valence-electron chi connectivity index (χ2n) is 7.31. The summed E-state index contributed by atoms with van der Waals surface area (Å²) in [5.41, 5.74) is -0.404. The Labute approximate surface area is 187 Å². The number of aliphatic hydroxyl groups is 1. The Hall–Kier alpha value is -3.43. The molecule has 0 bridgehead atoms. The Kier molecular flexibility index (Phi) is 6.11. The smallest absolute Gasteiger partial charge is 0.137 e. The van der Waals surface area contributed by atoms with Gasteiger partial charge in [-0.1, -0.05) is 17.7 Å². The van der Waals surface area contributed by atoms with Gasteiger partial charge in [0.15, 0.2) is 0 Å². The summed E-state index contributed by atoms with van der Waals surface area (Å²) in [6.45, 7) is 1.58. The molecule has 0 aliphatic rings. The van der Waals surface area contributed by atoms with E-state index in [0.717, 1.165) is 17.7 Å². The lowest BCUT2D eigenvalue weighted by Crippen LogP contribution is -2.40. The SMILES string of the molecule is C[C@@H](n1cc(/C=C/c2ccc(Cl)cn2)cn1)[C@](O)(Cn1cncn1)c1ccc(F)cc1F. The van der Waals surface area contributed by atoms with Gasteiger partial charge >= 0.3 is 0 Å². The van der Waals surface area contributed by atoms with Crippen molar-refractivity contribution in [1.29, 1.82) is 0 Å². The van der Waals surface area contributed by atoms with Crippen LogP contribution < -0.4 is 0 Å². The lowest BCUT2D eigenvalue weighted by Gasteiger charge is -2.34. The Bertz CT molecular complexity index is 1230. The molecule has 164 valence electrons. The lowest BCUT2D eigenvalue weighted by atomic mass is 9.86. The van der Waals surface area contributed by atoms with Crippen molar-refractivity contribution in [2.45, 2.75) is 25.1 Å². The molecule has 0 radical (unpaired) electrons. The van der Waals surface area contributed by atoms with Crippen LogP contribution in [-0.4, -0.2) is 34.6 Å².